The molecule has 0 bridgehead atoms. The molecule has 1 unspecified atom stereocenters. The van der Waals surface area contributed by atoms with Crippen molar-refractivity contribution >= 4 is 17.3 Å². The Hall–Kier alpha value is -2.15. The van der Waals surface area contributed by atoms with Gasteiger partial charge in [-0.1, -0.05) is 6.07 Å². The number of carbonyl (C=O) groups excluding carboxylic acids is 1. The van der Waals surface area contributed by atoms with Crippen molar-refractivity contribution in [2.75, 3.05) is 11.4 Å². The summed E-state index contributed by atoms with van der Waals surface area (Å²) in [6.07, 6.45) is -0.800. The first-order chi connectivity index (χ1) is 9.23. The molecule has 7 nitrogen and oxygen atoms in total. The summed E-state index contributed by atoms with van der Waals surface area (Å²) in [6.45, 7) is 5.05. The number of carbonyl (C=O) groups is 1. The van der Waals surface area contributed by atoms with E-state index < -0.39 is 16.9 Å². The van der Waals surface area contributed by atoms with Gasteiger partial charge in [0.1, 0.15) is 5.69 Å². The molecule has 1 atom stereocenters. The maximum absolute atomic E-state index is 11.2. The molecule has 7 heteroatoms. The van der Waals surface area contributed by atoms with Gasteiger partial charge in [0.25, 0.3) is 5.69 Å². The van der Waals surface area contributed by atoms with Crippen LogP contribution in [0.1, 0.15) is 32.4 Å². The fourth-order valence-electron chi connectivity index (χ4n) is 1.90. The van der Waals surface area contributed by atoms with Crippen LogP contribution in [0.3, 0.4) is 0 Å². The molecule has 0 aliphatic carbocycles. The molecule has 0 aromatic heterocycles. The number of hydrogen-bond acceptors (Lipinski definition) is 5. The zero-order valence-electron chi connectivity index (χ0n) is 11.7. The minimum Gasteiger partial charge on any atom is -0.389 e. The Labute approximate surface area is 117 Å². The first-order valence-corrected chi connectivity index (χ1v) is 6.25. The van der Waals surface area contributed by atoms with Gasteiger partial charge in [0.05, 0.1) is 17.6 Å². The van der Waals surface area contributed by atoms with Gasteiger partial charge in [-0.2, -0.15) is 0 Å². The molecule has 1 amide bonds. The van der Waals surface area contributed by atoms with Crippen molar-refractivity contribution in [2.45, 2.75) is 32.9 Å². The zero-order chi connectivity index (χ0) is 15.4. The SMILES string of the molecule is CC(O)c1ccc(N(CC(N)=O)C(C)C)c([N+](=O)[O-])c1. The Morgan fingerprint density at radius 2 is 2.05 bits per heavy atom. The van der Waals surface area contributed by atoms with Crippen LogP contribution in [0.15, 0.2) is 18.2 Å². The Kier molecular flexibility index (Phi) is 5.04. The molecule has 20 heavy (non-hydrogen) atoms. The number of anilines is 1. The van der Waals surface area contributed by atoms with Gasteiger partial charge >= 0.3 is 0 Å². The van der Waals surface area contributed by atoms with E-state index in [4.69, 9.17) is 5.73 Å². The lowest BCUT2D eigenvalue weighted by molar-refractivity contribution is -0.384. The minimum atomic E-state index is -0.800. The molecule has 0 aliphatic rings. The maximum Gasteiger partial charge on any atom is 0.292 e. The molecule has 1 aromatic rings. The van der Waals surface area contributed by atoms with E-state index in [1.165, 1.54) is 19.1 Å². The normalized spacial score (nSPS) is 12.2. The van der Waals surface area contributed by atoms with Crippen molar-refractivity contribution in [1.29, 1.82) is 0 Å². The van der Waals surface area contributed by atoms with Crippen LogP contribution in [-0.4, -0.2) is 28.5 Å². The second-order valence-corrected chi connectivity index (χ2v) is 4.87. The Balaban J connectivity index is 3.33. The topological polar surface area (TPSA) is 110 Å². The number of nitro benzene ring substituents is 1. The number of rotatable bonds is 6. The Morgan fingerprint density at radius 1 is 1.45 bits per heavy atom. The van der Waals surface area contributed by atoms with Gasteiger partial charge < -0.3 is 15.7 Å². The van der Waals surface area contributed by atoms with Crippen molar-refractivity contribution in [1.82, 2.24) is 0 Å². The second-order valence-electron chi connectivity index (χ2n) is 4.87. The van der Waals surface area contributed by atoms with Crippen LogP contribution in [0, 0.1) is 10.1 Å². The first-order valence-electron chi connectivity index (χ1n) is 6.25. The van der Waals surface area contributed by atoms with Crippen LogP contribution < -0.4 is 10.6 Å². The summed E-state index contributed by atoms with van der Waals surface area (Å²) in [6, 6.07) is 4.32. The van der Waals surface area contributed by atoms with E-state index in [-0.39, 0.29) is 18.3 Å². The molecule has 110 valence electrons. The van der Waals surface area contributed by atoms with E-state index >= 15 is 0 Å². The van der Waals surface area contributed by atoms with Gasteiger partial charge in [-0.15, -0.1) is 0 Å². The third kappa shape index (κ3) is 3.67. The number of nitro groups is 1. The summed E-state index contributed by atoms with van der Waals surface area (Å²) < 4.78 is 0. The summed E-state index contributed by atoms with van der Waals surface area (Å²) in [4.78, 5) is 23.3. The van der Waals surface area contributed by atoms with Crippen LogP contribution in [0.2, 0.25) is 0 Å². The van der Waals surface area contributed by atoms with E-state index in [1.807, 2.05) is 13.8 Å². The summed E-state index contributed by atoms with van der Waals surface area (Å²) in [7, 11) is 0. The lowest BCUT2D eigenvalue weighted by Gasteiger charge is -2.27. The highest BCUT2D eigenvalue weighted by molar-refractivity contribution is 5.81. The van der Waals surface area contributed by atoms with Crippen LogP contribution in [-0.2, 0) is 4.79 Å². The van der Waals surface area contributed by atoms with Crippen LogP contribution in [0.25, 0.3) is 0 Å². The lowest BCUT2D eigenvalue weighted by atomic mass is 10.1. The predicted molar refractivity (Wildman–Crippen MR) is 75.4 cm³/mol. The Morgan fingerprint density at radius 3 is 2.45 bits per heavy atom. The highest BCUT2D eigenvalue weighted by atomic mass is 16.6. The molecular weight excluding hydrogens is 262 g/mol. The van der Waals surface area contributed by atoms with Gasteiger partial charge in [0.15, 0.2) is 0 Å². The zero-order valence-corrected chi connectivity index (χ0v) is 11.7. The van der Waals surface area contributed by atoms with Crippen molar-refractivity contribution < 1.29 is 14.8 Å². The van der Waals surface area contributed by atoms with Gasteiger partial charge in [0.2, 0.25) is 5.91 Å². The average molecular weight is 281 g/mol. The Bertz CT molecular complexity index is 514. The number of primary amides is 1. The number of aliphatic hydroxyl groups excluding tert-OH is 1. The maximum atomic E-state index is 11.2. The third-order valence-corrected chi connectivity index (χ3v) is 2.94. The summed E-state index contributed by atoms with van der Waals surface area (Å²) in [5.41, 5.74) is 5.79. The van der Waals surface area contributed by atoms with Crippen molar-refractivity contribution in [3.63, 3.8) is 0 Å². The van der Waals surface area contributed by atoms with Gasteiger partial charge in [-0.3, -0.25) is 14.9 Å². The van der Waals surface area contributed by atoms with Crippen molar-refractivity contribution in [2.24, 2.45) is 5.73 Å². The molecule has 3 N–H and O–H groups in total. The first kappa shape index (κ1) is 15.9. The number of hydrogen-bond donors (Lipinski definition) is 2. The van der Waals surface area contributed by atoms with E-state index in [0.29, 0.717) is 11.3 Å². The van der Waals surface area contributed by atoms with Crippen LogP contribution in [0.4, 0.5) is 11.4 Å². The van der Waals surface area contributed by atoms with Gasteiger partial charge in [0, 0.05) is 12.1 Å². The highest BCUT2D eigenvalue weighted by Gasteiger charge is 2.23. The van der Waals surface area contributed by atoms with Gasteiger partial charge in [-0.05, 0) is 32.4 Å². The van der Waals surface area contributed by atoms with E-state index in [2.05, 4.69) is 0 Å². The number of amides is 1. The van der Waals surface area contributed by atoms with Crippen molar-refractivity contribution in [3.05, 3.63) is 33.9 Å². The average Bonchev–Trinajstić information content (AvgIpc) is 2.34. The van der Waals surface area contributed by atoms with E-state index in [1.54, 1.807) is 11.0 Å². The molecule has 0 saturated heterocycles. The molecule has 1 aromatic carbocycles. The summed E-state index contributed by atoms with van der Waals surface area (Å²) in [5, 5.41) is 20.7. The largest absolute Gasteiger partial charge is 0.389 e. The lowest BCUT2D eigenvalue weighted by Crippen LogP contribution is -2.39. The highest BCUT2D eigenvalue weighted by Crippen LogP contribution is 2.32. The summed E-state index contributed by atoms with van der Waals surface area (Å²) >= 11 is 0. The fraction of sp³-hybridized carbons (Fsp3) is 0.462. The molecule has 0 spiro atoms. The number of benzene rings is 1. The molecule has 0 heterocycles. The van der Waals surface area contributed by atoms with Crippen molar-refractivity contribution in [3.8, 4) is 0 Å². The smallest absolute Gasteiger partial charge is 0.292 e. The molecule has 1 rings (SSSR count). The molecule has 0 radical (unpaired) electrons. The standard InChI is InChI=1S/C13H19N3O4/c1-8(2)15(7-13(14)18)11-5-4-10(9(3)17)6-12(11)16(19)20/h4-6,8-9,17H,7H2,1-3H3,(H2,14,18). The third-order valence-electron chi connectivity index (χ3n) is 2.94. The molecule has 0 saturated carbocycles. The van der Waals surface area contributed by atoms with E-state index in [9.17, 15) is 20.0 Å². The molecule has 0 aliphatic heterocycles. The van der Waals surface area contributed by atoms with Crippen LogP contribution >= 0.6 is 0 Å². The quantitative estimate of drug-likeness (QED) is 0.604. The minimum absolute atomic E-state index is 0.105. The van der Waals surface area contributed by atoms with Gasteiger partial charge in [-0.25, -0.2) is 0 Å². The van der Waals surface area contributed by atoms with E-state index in [0.717, 1.165) is 0 Å². The monoisotopic (exact) mass is 281 g/mol. The number of nitrogens with two attached hydrogens (primary N) is 1. The van der Waals surface area contributed by atoms with Crippen LogP contribution in [0.5, 0.6) is 0 Å². The molecular formula is C13H19N3O4. The number of aliphatic hydroxyl groups is 1. The number of nitrogens with zero attached hydrogens (tertiary/aromatic N) is 2. The fourth-order valence-corrected chi connectivity index (χ4v) is 1.90. The molecule has 0 fully saturated rings. The second kappa shape index (κ2) is 6.33. The summed E-state index contributed by atoms with van der Waals surface area (Å²) in [5.74, 6) is -0.562. The predicted octanol–water partition coefficient (Wildman–Crippen LogP) is 1.35.